The van der Waals surface area contributed by atoms with Gasteiger partial charge in [-0.3, -0.25) is 4.79 Å². The SMILES string of the molecule is CCc1nc(-c2ccc(C(F)(F)F)cc2)sc1COc1ccc2c(ccn2CC(=O)O)c1. The molecular weight excluding hydrogens is 441 g/mol. The van der Waals surface area contributed by atoms with Gasteiger partial charge in [-0.1, -0.05) is 19.1 Å². The molecule has 0 saturated carbocycles. The third kappa shape index (κ3) is 4.62. The number of aromatic nitrogens is 2. The maximum atomic E-state index is 12.8. The van der Waals surface area contributed by atoms with Crippen molar-refractivity contribution in [1.29, 1.82) is 0 Å². The number of benzene rings is 2. The number of nitrogens with zero attached hydrogens (tertiary/aromatic N) is 2. The molecule has 0 aliphatic carbocycles. The van der Waals surface area contributed by atoms with Crippen molar-refractivity contribution in [1.82, 2.24) is 9.55 Å². The number of hydrogen-bond donors (Lipinski definition) is 1. The van der Waals surface area contributed by atoms with Crippen LogP contribution in [0.5, 0.6) is 5.75 Å². The second kappa shape index (κ2) is 8.66. The first-order valence-electron chi connectivity index (χ1n) is 9.84. The summed E-state index contributed by atoms with van der Waals surface area (Å²) in [5.74, 6) is -0.277. The van der Waals surface area contributed by atoms with Crippen LogP contribution in [-0.2, 0) is 30.5 Å². The number of carboxylic acid groups (broad SMARTS) is 1. The number of hydrogen-bond acceptors (Lipinski definition) is 4. The van der Waals surface area contributed by atoms with Crippen LogP contribution in [0.25, 0.3) is 21.5 Å². The number of fused-ring (bicyclic) bond motifs is 1. The highest BCUT2D eigenvalue weighted by molar-refractivity contribution is 7.15. The predicted molar refractivity (Wildman–Crippen MR) is 116 cm³/mol. The van der Waals surface area contributed by atoms with Crippen LogP contribution < -0.4 is 4.74 Å². The molecule has 5 nitrogen and oxygen atoms in total. The Balaban J connectivity index is 1.51. The van der Waals surface area contributed by atoms with Crippen molar-refractivity contribution in [3.63, 3.8) is 0 Å². The lowest BCUT2D eigenvalue weighted by molar-refractivity contribution is -0.138. The molecule has 166 valence electrons. The zero-order valence-electron chi connectivity index (χ0n) is 17.0. The van der Waals surface area contributed by atoms with Crippen LogP contribution in [-0.4, -0.2) is 20.6 Å². The molecule has 1 N–H and O–H groups in total. The summed E-state index contributed by atoms with van der Waals surface area (Å²) in [4.78, 5) is 16.5. The van der Waals surface area contributed by atoms with E-state index < -0.39 is 17.7 Å². The maximum Gasteiger partial charge on any atom is 0.416 e. The second-order valence-corrected chi connectivity index (χ2v) is 8.25. The molecule has 4 rings (SSSR count). The molecule has 0 aliphatic heterocycles. The van der Waals surface area contributed by atoms with Crippen molar-refractivity contribution in [2.45, 2.75) is 32.7 Å². The number of thiazole rings is 1. The Morgan fingerprint density at radius 1 is 1.16 bits per heavy atom. The van der Waals surface area contributed by atoms with Crippen LogP contribution >= 0.6 is 11.3 Å². The molecule has 0 bridgehead atoms. The third-order valence-electron chi connectivity index (χ3n) is 4.99. The van der Waals surface area contributed by atoms with E-state index in [-0.39, 0.29) is 13.2 Å². The van der Waals surface area contributed by atoms with Gasteiger partial charge in [0, 0.05) is 22.7 Å². The summed E-state index contributed by atoms with van der Waals surface area (Å²) in [5.41, 5.74) is 1.59. The van der Waals surface area contributed by atoms with Crippen molar-refractivity contribution in [3.05, 3.63) is 70.9 Å². The van der Waals surface area contributed by atoms with Gasteiger partial charge in [-0.05, 0) is 42.8 Å². The van der Waals surface area contributed by atoms with E-state index in [1.807, 2.05) is 25.1 Å². The molecule has 4 aromatic rings. The standard InChI is InChI=1S/C23H19F3N2O3S/c1-2-18-20(32-22(27-18)14-3-5-16(6-4-14)23(24,25)26)13-31-17-7-8-19-15(11-17)9-10-28(19)12-21(29)30/h3-11H,2,12-13H2,1H3,(H,29,30). The van der Waals surface area contributed by atoms with Crippen LogP contribution in [0, 0.1) is 0 Å². The second-order valence-electron chi connectivity index (χ2n) is 7.16. The average molecular weight is 460 g/mol. The lowest BCUT2D eigenvalue weighted by Gasteiger charge is -2.07. The number of ether oxygens (including phenoxy) is 1. The zero-order valence-corrected chi connectivity index (χ0v) is 17.8. The number of rotatable bonds is 7. The molecule has 0 fully saturated rings. The number of aryl methyl sites for hydroxylation is 1. The smallest absolute Gasteiger partial charge is 0.416 e. The van der Waals surface area contributed by atoms with E-state index in [2.05, 4.69) is 4.98 Å². The largest absolute Gasteiger partial charge is 0.488 e. The molecule has 2 heterocycles. The van der Waals surface area contributed by atoms with Crippen LogP contribution in [0.4, 0.5) is 13.2 Å². The molecule has 2 aromatic heterocycles. The van der Waals surface area contributed by atoms with E-state index in [1.165, 1.54) is 23.5 Å². The van der Waals surface area contributed by atoms with Gasteiger partial charge in [-0.25, -0.2) is 4.98 Å². The topological polar surface area (TPSA) is 64.4 Å². The summed E-state index contributed by atoms with van der Waals surface area (Å²) in [6, 6.07) is 12.3. The molecule has 0 atom stereocenters. The van der Waals surface area contributed by atoms with E-state index in [0.29, 0.717) is 22.7 Å². The maximum absolute atomic E-state index is 12.8. The average Bonchev–Trinajstić information content (AvgIpc) is 3.35. The van der Waals surface area contributed by atoms with Crippen molar-refractivity contribution >= 4 is 28.2 Å². The monoisotopic (exact) mass is 460 g/mol. The third-order valence-corrected chi connectivity index (χ3v) is 6.11. The Kier molecular flexibility index (Phi) is 5.92. The Hall–Kier alpha value is -3.33. The molecule has 0 aliphatic rings. The van der Waals surface area contributed by atoms with Crippen molar-refractivity contribution in [2.24, 2.45) is 0 Å². The lowest BCUT2D eigenvalue weighted by Crippen LogP contribution is -2.07. The molecule has 9 heteroatoms. The van der Waals surface area contributed by atoms with Gasteiger partial charge in [-0.15, -0.1) is 11.3 Å². The highest BCUT2D eigenvalue weighted by atomic mass is 32.1. The molecule has 0 unspecified atom stereocenters. The first kappa shape index (κ1) is 21.9. The summed E-state index contributed by atoms with van der Waals surface area (Å²) in [6.45, 7) is 2.13. The number of aliphatic carboxylic acids is 1. The minimum absolute atomic E-state index is 0.114. The minimum atomic E-state index is -4.37. The number of halogens is 3. The summed E-state index contributed by atoms with van der Waals surface area (Å²) in [7, 11) is 0. The molecule has 0 radical (unpaired) electrons. The normalized spacial score (nSPS) is 11.8. The van der Waals surface area contributed by atoms with E-state index in [9.17, 15) is 18.0 Å². The van der Waals surface area contributed by atoms with E-state index in [4.69, 9.17) is 9.84 Å². The van der Waals surface area contributed by atoms with Gasteiger partial charge >= 0.3 is 12.1 Å². The Morgan fingerprint density at radius 3 is 2.56 bits per heavy atom. The first-order chi connectivity index (χ1) is 15.2. The van der Waals surface area contributed by atoms with Crippen LogP contribution in [0.2, 0.25) is 0 Å². The first-order valence-corrected chi connectivity index (χ1v) is 10.7. The van der Waals surface area contributed by atoms with Gasteiger partial charge in [0.15, 0.2) is 0 Å². The van der Waals surface area contributed by atoms with Crippen molar-refractivity contribution < 1.29 is 27.8 Å². The molecule has 2 aromatic carbocycles. The quantitative estimate of drug-likeness (QED) is 0.367. The highest BCUT2D eigenvalue weighted by Crippen LogP contribution is 2.34. The lowest BCUT2D eigenvalue weighted by atomic mass is 10.1. The summed E-state index contributed by atoms with van der Waals surface area (Å²) in [5, 5.41) is 10.5. The van der Waals surface area contributed by atoms with Gasteiger partial charge < -0.3 is 14.4 Å². The summed E-state index contributed by atoms with van der Waals surface area (Å²) >= 11 is 1.40. The summed E-state index contributed by atoms with van der Waals surface area (Å²) < 4.78 is 46.0. The number of carboxylic acids is 1. The minimum Gasteiger partial charge on any atom is -0.488 e. The molecule has 32 heavy (non-hydrogen) atoms. The Bertz CT molecular complexity index is 1260. The van der Waals surface area contributed by atoms with E-state index in [1.54, 1.807) is 16.8 Å². The summed E-state index contributed by atoms with van der Waals surface area (Å²) in [6.07, 6.45) is -1.98. The molecule has 0 amide bonds. The Morgan fingerprint density at radius 2 is 1.91 bits per heavy atom. The fourth-order valence-corrected chi connectivity index (χ4v) is 4.47. The van der Waals surface area contributed by atoms with E-state index >= 15 is 0 Å². The fourth-order valence-electron chi connectivity index (χ4n) is 3.40. The van der Waals surface area contributed by atoms with Gasteiger partial charge in [0.25, 0.3) is 0 Å². The predicted octanol–water partition coefficient (Wildman–Crippen LogP) is 6.01. The van der Waals surface area contributed by atoms with Crippen molar-refractivity contribution in [3.8, 4) is 16.3 Å². The van der Waals surface area contributed by atoms with Gasteiger partial charge in [0.05, 0.1) is 16.1 Å². The molecule has 0 spiro atoms. The van der Waals surface area contributed by atoms with E-state index in [0.717, 1.165) is 33.6 Å². The Labute approximate surface area is 185 Å². The number of alkyl halides is 3. The molecule has 0 saturated heterocycles. The van der Waals surface area contributed by atoms with Crippen LogP contribution in [0.3, 0.4) is 0 Å². The van der Waals surface area contributed by atoms with Crippen LogP contribution in [0.1, 0.15) is 23.1 Å². The highest BCUT2D eigenvalue weighted by Gasteiger charge is 2.30. The van der Waals surface area contributed by atoms with Gasteiger partial charge in [-0.2, -0.15) is 13.2 Å². The fraction of sp³-hybridized carbons (Fsp3) is 0.217. The van der Waals surface area contributed by atoms with Gasteiger partial charge in [0.1, 0.15) is 23.9 Å². The van der Waals surface area contributed by atoms with Gasteiger partial charge in [0.2, 0.25) is 0 Å². The number of carbonyl (C=O) groups is 1. The zero-order chi connectivity index (χ0) is 22.9. The van der Waals surface area contributed by atoms with Crippen LogP contribution in [0.15, 0.2) is 54.7 Å². The molecular formula is C23H19F3N2O3S. The van der Waals surface area contributed by atoms with Crippen molar-refractivity contribution in [2.75, 3.05) is 0 Å².